The van der Waals surface area contributed by atoms with Gasteiger partial charge in [-0.2, -0.15) is 0 Å². The van der Waals surface area contributed by atoms with Gasteiger partial charge >= 0.3 is 0 Å². The average molecular weight is 223 g/mol. The second kappa shape index (κ2) is 4.42. The molecule has 0 spiro atoms. The van der Waals surface area contributed by atoms with Crippen LogP contribution in [0, 0.1) is 12.7 Å². The lowest BCUT2D eigenvalue weighted by Crippen LogP contribution is -2.39. The van der Waals surface area contributed by atoms with E-state index in [9.17, 15) is 9.50 Å². The Morgan fingerprint density at radius 1 is 1.31 bits per heavy atom. The molecule has 0 saturated heterocycles. The van der Waals surface area contributed by atoms with Gasteiger partial charge in [0, 0.05) is 5.69 Å². The maximum Gasteiger partial charge on any atom is 0.125 e. The third-order valence-electron chi connectivity index (χ3n) is 3.31. The summed E-state index contributed by atoms with van der Waals surface area (Å²) in [7, 11) is 0. The summed E-state index contributed by atoms with van der Waals surface area (Å²) >= 11 is 0. The quantitative estimate of drug-likeness (QED) is 0.825. The Kier molecular flexibility index (Phi) is 3.15. The van der Waals surface area contributed by atoms with Crippen LogP contribution in [0.3, 0.4) is 0 Å². The van der Waals surface area contributed by atoms with E-state index in [4.69, 9.17) is 0 Å². The summed E-state index contributed by atoms with van der Waals surface area (Å²) in [5, 5.41) is 12.8. The van der Waals surface area contributed by atoms with Crippen LogP contribution in [0.4, 0.5) is 10.1 Å². The molecule has 0 bridgehead atoms. The van der Waals surface area contributed by atoms with Crippen LogP contribution in [-0.4, -0.2) is 17.3 Å². The average Bonchev–Trinajstić information content (AvgIpc) is 2.65. The lowest BCUT2D eigenvalue weighted by molar-refractivity contribution is 0.214. The number of benzene rings is 1. The van der Waals surface area contributed by atoms with Crippen molar-refractivity contribution in [1.82, 2.24) is 0 Å². The molecule has 0 unspecified atom stereocenters. The Hall–Kier alpha value is -1.09. The fraction of sp³-hybridized carbons (Fsp3) is 0.538. The summed E-state index contributed by atoms with van der Waals surface area (Å²) in [6.07, 6.45) is 4.17. The minimum atomic E-state index is -0.236. The van der Waals surface area contributed by atoms with Gasteiger partial charge in [0.15, 0.2) is 0 Å². The van der Waals surface area contributed by atoms with Gasteiger partial charge < -0.3 is 10.4 Å². The molecule has 0 radical (unpaired) electrons. The molecule has 0 aromatic heterocycles. The smallest absolute Gasteiger partial charge is 0.125 e. The zero-order valence-corrected chi connectivity index (χ0v) is 9.59. The van der Waals surface area contributed by atoms with Crippen LogP contribution in [0.2, 0.25) is 0 Å². The van der Waals surface area contributed by atoms with Crippen LogP contribution >= 0.6 is 0 Å². The number of aliphatic hydroxyl groups is 1. The molecule has 2 nitrogen and oxygen atoms in total. The molecule has 0 atom stereocenters. The predicted molar refractivity (Wildman–Crippen MR) is 63.0 cm³/mol. The van der Waals surface area contributed by atoms with Gasteiger partial charge in [-0.25, -0.2) is 4.39 Å². The highest BCUT2D eigenvalue weighted by molar-refractivity contribution is 5.48. The standard InChI is InChI=1S/C13H18FNO/c1-10-6-11(14)8-12(7-10)15-13(9-16)4-2-3-5-13/h6-8,15-16H,2-5,9H2,1H3. The van der Waals surface area contributed by atoms with Crippen molar-refractivity contribution in [2.24, 2.45) is 0 Å². The van der Waals surface area contributed by atoms with Crippen molar-refractivity contribution >= 4 is 5.69 Å². The van der Waals surface area contributed by atoms with Crippen LogP contribution < -0.4 is 5.32 Å². The van der Waals surface area contributed by atoms with E-state index in [0.717, 1.165) is 36.9 Å². The second-order valence-electron chi connectivity index (χ2n) is 4.79. The number of aliphatic hydroxyl groups excluding tert-OH is 1. The van der Waals surface area contributed by atoms with Gasteiger partial charge in [0.05, 0.1) is 12.1 Å². The highest BCUT2D eigenvalue weighted by Gasteiger charge is 2.32. The lowest BCUT2D eigenvalue weighted by atomic mass is 9.98. The van der Waals surface area contributed by atoms with Crippen LogP contribution in [-0.2, 0) is 0 Å². The van der Waals surface area contributed by atoms with E-state index in [1.807, 2.05) is 13.0 Å². The molecular formula is C13H18FNO. The molecule has 1 saturated carbocycles. The Bertz CT molecular complexity index is 352. The molecule has 0 heterocycles. The minimum absolute atomic E-state index is 0.114. The first-order valence-electron chi connectivity index (χ1n) is 5.80. The Morgan fingerprint density at radius 3 is 2.56 bits per heavy atom. The number of hydrogen-bond acceptors (Lipinski definition) is 2. The molecule has 2 N–H and O–H groups in total. The fourth-order valence-corrected chi connectivity index (χ4v) is 2.49. The SMILES string of the molecule is Cc1cc(F)cc(NC2(CO)CCCC2)c1. The summed E-state index contributed by atoms with van der Waals surface area (Å²) in [6, 6.07) is 4.91. The first-order valence-corrected chi connectivity index (χ1v) is 5.80. The molecule has 88 valence electrons. The Balaban J connectivity index is 2.18. The van der Waals surface area contributed by atoms with Gasteiger partial charge in [0.2, 0.25) is 0 Å². The van der Waals surface area contributed by atoms with Gasteiger partial charge in [0.25, 0.3) is 0 Å². The third-order valence-corrected chi connectivity index (χ3v) is 3.31. The first kappa shape index (κ1) is 11.4. The normalized spacial score (nSPS) is 18.7. The maximum atomic E-state index is 13.2. The van der Waals surface area contributed by atoms with Crippen molar-refractivity contribution in [3.05, 3.63) is 29.6 Å². The monoisotopic (exact) mass is 223 g/mol. The van der Waals surface area contributed by atoms with Crippen molar-refractivity contribution in [1.29, 1.82) is 0 Å². The van der Waals surface area contributed by atoms with Crippen molar-refractivity contribution in [3.63, 3.8) is 0 Å². The molecule has 16 heavy (non-hydrogen) atoms. The van der Waals surface area contributed by atoms with Crippen LogP contribution in [0.25, 0.3) is 0 Å². The van der Waals surface area contributed by atoms with Gasteiger partial charge in [-0.3, -0.25) is 0 Å². The molecule has 2 rings (SSSR count). The summed E-state index contributed by atoms with van der Waals surface area (Å²) in [5.74, 6) is -0.228. The third kappa shape index (κ3) is 2.35. The summed E-state index contributed by atoms with van der Waals surface area (Å²) in [4.78, 5) is 0. The predicted octanol–water partition coefficient (Wildman–Crippen LogP) is 2.85. The topological polar surface area (TPSA) is 32.3 Å². The van der Waals surface area contributed by atoms with E-state index in [-0.39, 0.29) is 18.0 Å². The maximum absolute atomic E-state index is 13.2. The van der Waals surface area contributed by atoms with Crippen LogP contribution in [0.5, 0.6) is 0 Å². The molecule has 1 aliphatic carbocycles. The fourth-order valence-electron chi connectivity index (χ4n) is 2.49. The molecular weight excluding hydrogens is 205 g/mol. The Morgan fingerprint density at radius 2 is 2.00 bits per heavy atom. The van der Waals surface area contributed by atoms with Gasteiger partial charge in [-0.15, -0.1) is 0 Å². The zero-order valence-electron chi connectivity index (χ0n) is 9.59. The number of anilines is 1. The Labute approximate surface area is 95.5 Å². The molecule has 1 fully saturated rings. The van der Waals surface area contributed by atoms with E-state index in [0.29, 0.717) is 0 Å². The number of nitrogens with one attached hydrogen (secondary N) is 1. The molecule has 1 aliphatic rings. The van der Waals surface area contributed by atoms with E-state index >= 15 is 0 Å². The number of hydrogen-bond donors (Lipinski definition) is 2. The van der Waals surface area contributed by atoms with Crippen molar-refractivity contribution in [2.45, 2.75) is 38.1 Å². The highest BCUT2D eigenvalue weighted by atomic mass is 19.1. The molecule has 1 aromatic rings. The summed E-state index contributed by atoms with van der Waals surface area (Å²) < 4.78 is 13.2. The van der Waals surface area contributed by atoms with Gasteiger partial charge in [-0.1, -0.05) is 12.8 Å². The zero-order chi connectivity index (χ0) is 11.6. The van der Waals surface area contributed by atoms with E-state index < -0.39 is 0 Å². The van der Waals surface area contributed by atoms with Crippen LogP contribution in [0.1, 0.15) is 31.2 Å². The second-order valence-corrected chi connectivity index (χ2v) is 4.79. The summed E-state index contributed by atoms with van der Waals surface area (Å²) in [6.45, 7) is 1.98. The number of aryl methyl sites for hydroxylation is 1. The van der Waals surface area contributed by atoms with E-state index in [2.05, 4.69) is 5.32 Å². The first-order chi connectivity index (χ1) is 7.63. The van der Waals surface area contributed by atoms with Crippen molar-refractivity contribution in [2.75, 3.05) is 11.9 Å². The van der Waals surface area contributed by atoms with Crippen molar-refractivity contribution < 1.29 is 9.50 Å². The minimum Gasteiger partial charge on any atom is -0.394 e. The summed E-state index contributed by atoms with van der Waals surface area (Å²) in [5.41, 5.74) is 1.43. The number of rotatable bonds is 3. The number of halogens is 1. The highest BCUT2D eigenvalue weighted by Crippen LogP contribution is 2.33. The lowest BCUT2D eigenvalue weighted by Gasteiger charge is -2.29. The van der Waals surface area contributed by atoms with Gasteiger partial charge in [0.1, 0.15) is 5.82 Å². The molecule has 3 heteroatoms. The molecule has 0 amide bonds. The molecule has 0 aliphatic heterocycles. The molecule has 1 aromatic carbocycles. The van der Waals surface area contributed by atoms with Crippen molar-refractivity contribution in [3.8, 4) is 0 Å². The van der Waals surface area contributed by atoms with Crippen LogP contribution in [0.15, 0.2) is 18.2 Å². The largest absolute Gasteiger partial charge is 0.394 e. The van der Waals surface area contributed by atoms with Gasteiger partial charge in [-0.05, 0) is 43.5 Å². The van der Waals surface area contributed by atoms with E-state index in [1.165, 1.54) is 12.1 Å². The van der Waals surface area contributed by atoms with E-state index in [1.54, 1.807) is 0 Å².